The van der Waals surface area contributed by atoms with Gasteiger partial charge in [0.2, 0.25) is 0 Å². The standard InChI is InChI=1S/C55H39NO/c1-55(2)49-20-10-8-17-44(49)45-34-32-42(35-50(45)55)56(41-30-27-39(28-31-41)38-25-23-37(24-26-38)36-13-4-3-5-14-36)51-21-11-9-18-46(51)47-19-12-22-52-53(47)48-33-29-40-15-6-7-16-43(40)54(48)57-52/h3-35H,1-2H3/i27D,28D,30D,31D. The molecule has 1 aliphatic rings. The molecule has 0 unspecified atom stereocenters. The Labute approximate surface area is 338 Å². The summed E-state index contributed by atoms with van der Waals surface area (Å²) in [5.41, 5.74) is 12.4. The lowest BCUT2D eigenvalue weighted by Gasteiger charge is -2.30. The fourth-order valence-electron chi connectivity index (χ4n) is 8.92. The van der Waals surface area contributed by atoms with Crippen molar-refractivity contribution in [2.45, 2.75) is 19.3 Å². The van der Waals surface area contributed by atoms with Crippen LogP contribution in [0.1, 0.15) is 30.5 Å². The molecular formula is C55H39NO. The largest absolute Gasteiger partial charge is 0.455 e. The predicted octanol–water partition coefficient (Wildman–Crippen LogP) is 15.5. The molecule has 2 nitrogen and oxygen atoms in total. The SMILES string of the molecule is [2H]c1c([2H])c(N(c2ccc3c(c2)C(C)(C)c2ccccc2-3)c2ccccc2-c2cccc3oc4c5ccccc5ccc4c23)c([2H])c([2H])c1-c1ccc(-c2ccccc2)cc1. The summed E-state index contributed by atoms with van der Waals surface area (Å²) in [6, 6.07) is 58.9. The van der Waals surface area contributed by atoms with E-state index in [0.29, 0.717) is 5.56 Å². The fraction of sp³-hybridized carbons (Fsp3) is 0.0545. The summed E-state index contributed by atoms with van der Waals surface area (Å²) in [6.45, 7) is 4.48. The van der Waals surface area contributed by atoms with E-state index in [1.807, 2.05) is 102 Å². The third kappa shape index (κ3) is 5.33. The van der Waals surface area contributed by atoms with Crippen molar-refractivity contribution in [2.24, 2.45) is 0 Å². The Kier molecular flexibility index (Phi) is 6.64. The van der Waals surface area contributed by atoms with Gasteiger partial charge in [-0.25, -0.2) is 0 Å². The van der Waals surface area contributed by atoms with E-state index < -0.39 is 0 Å². The Morgan fingerprint density at radius 1 is 0.456 bits per heavy atom. The van der Waals surface area contributed by atoms with Crippen molar-refractivity contribution in [1.29, 1.82) is 0 Å². The van der Waals surface area contributed by atoms with Gasteiger partial charge in [-0.15, -0.1) is 0 Å². The second-order valence-electron chi connectivity index (χ2n) is 15.4. The van der Waals surface area contributed by atoms with E-state index in [9.17, 15) is 5.48 Å². The lowest BCUT2D eigenvalue weighted by molar-refractivity contribution is 0.660. The Hall–Kier alpha value is -7.16. The maximum Gasteiger partial charge on any atom is 0.143 e. The lowest BCUT2D eigenvalue weighted by Crippen LogP contribution is -2.16. The van der Waals surface area contributed by atoms with Crippen molar-refractivity contribution >= 4 is 49.8 Å². The summed E-state index contributed by atoms with van der Waals surface area (Å²) in [4.78, 5) is 1.94. The van der Waals surface area contributed by atoms with Crippen LogP contribution in [0.15, 0.2) is 205 Å². The van der Waals surface area contributed by atoms with Crippen LogP contribution in [-0.2, 0) is 5.41 Å². The summed E-state index contributed by atoms with van der Waals surface area (Å²) in [5, 5.41) is 4.10. The molecular weight excluding hydrogens is 691 g/mol. The van der Waals surface area contributed by atoms with E-state index in [0.717, 1.165) is 77.5 Å². The van der Waals surface area contributed by atoms with Gasteiger partial charge >= 0.3 is 0 Å². The second-order valence-corrected chi connectivity index (χ2v) is 15.4. The third-order valence-electron chi connectivity index (χ3n) is 11.8. The molecule has 1 heterocycles. The minimum Gasteiger partial charge on any atom is -0.455 e. The summed E-state index contributed by atoms with van der Waals surface area (Å²) < 4.78 is 45.3. The van der Waals surface area contributed by atoms with E-state index in [4.69, 9.17) is 4.42 Å². The maximum absolute atomic E-state index is 9.78. The van der Waals surface area contributed by atoms with E-state index in [2.05, 4.69) is 92.7 Å². The topological polar surface area (TPSA) is 16.4 Å². The molecule has 57 heavy (non-hydrogen) atoms. The van der Waals surface area contributed by atoms with Crippen LogP contribution in [0.25, 0.3) is 77.2 Å². The van der Waals surface area contributed by atoms with Crippen molar-refractivity contribution in [3.63, 3.8) is 0 Å². The van der Waals surface area contributed by atoms with Gasteiger partial charge in [-0.3, -0.25) is 0 Å². The molecule has 0 fully saturated rings. The summed E-state index contributed by atoms with van der Waals surface area (Å²) in [6.07, 6.45) is 0. The van der Waals surface area contributed by atoms with E-state index in [1.54, 1.807) is 0 Å². The van der Waals surface area contributed by atoms with E-state index in [-0.39, 0.29) is 40.8 Å². The first-order valence-electron chi connectivity index (χ1n) is 21.4. The number of fused-ring (bicyclic) bond motifs is 8. The van der Waals surface area contributed by atoms with Crippen molar-refractivity contribution in [3.05, 3.63) is 211 Å². The molecule has 1 aromatic heterocycles. The average molecular weight is 734 g/mol. The first-order valence-corrected chi connectivity index (χ1v) is 19.4. The van der Waals surface area contributed by atoms with Crippen molar-refractivity contribution in [2.75, 3.05) is 4.90 Å². The highest BCUT2D eigenvalue weighted by molar-refractivity contribution is 6.19. The van der Waals surface area contributed by atoms with Gasteiger partial charge in [0, 0.05) is 38.5 Å². The van der Waals surface area contributed by atoms with Crippen LogP contribution in [0.3, 0.4) is 0 Å². The van der Waals surface area contributed by atoms with E-state index in [1.165, 1.54) is 11.1 Å². The first-order chi connectivity index (χ1) is 29.7. The number of furan rings is 1. The first kappa shape index (κ1) is 29.2. The van der Waals surface area contributed by atoms with Gasteiger partial charge in [0.15, 0.2) is 0 Å². The normalized spacial score (nSPS) is 13.9. The van der Waals surface area contributed by atoms with Gasteiger partial charge in [0.25, 0.3) is 0 Å². The Morgan fingerprint density at radius 3 is 1.93 bits per heavy atom. The molecule has 11 rings (SSSR count). The molecule has 0 spiro atoms. The number of benzene rings is 9. The Balaban J connectivity index is 1.15. The maximum atomic E-state index is 9.78. The summed E-state index contributed by atoms with van der Waals surface area (Å²) >= 11 is 0. The lowest BCUT2D eigenvalue weighted by atomic mass is 9.82. The van der Waals surface area contributed by atoms with Crippen molar-refractivity contribution in [3.8, 4) is 44.5 Å². The van der Waals surface area contributed by atoms with Gasteiger partial charge in [-0.2, -0.15) is 0 Å². The molecule has 10 aromatic rings. The van der Waals surface area contributed by atoms with Crippen LogP contribution in [0.5, 0.6) is 0 Å². The molecule has 0 bridgehead atoms. The van der Waals surface area contributed by atoms with Crippen LogP contribution in [0, 0.1) is 0 Å². The quantitative estimate of drug-likeness (QED) is 0.169. The molecule has 270 valence electrons. The number of para-hydroxylation sites is 1. The molecule has 9 aromatic carbocycles. The zero-order chi connectivity index (χ0) is 41.6. The molecule has 2 heteroatoms. The molecule has 0 saturated carbocycles. The van der Waals surface area contributed by atoms with E-state index >= 15 is 0 Å². The fourth-order valence-corrected chi connectivity index (χ4v) is 8.92. The van der Waals surface area contributed by atoms with Crippen LogP contribution < -0.4 is 4.90 Å². The molecule has 0 saturated heterocycles. The average Bonchev–Trinajstić information content (AvgIpc) is 3.80. The highest BCUT2D eigenvalue weighted by Crippen LogP contribution is 2.52. The highest BCUT2D eigenvalue weighted by Gasteiger charge is 2.36. The number of anilines is 3. The zero-order valence-electron chi connectivity index (χ0n) is 35.6. The van der Waals surface area contributed by atoms with Gasteiger partial charge in [-0.1, -0.05) is 172 Å². The van der Waals surface area contributed by atoms with Crippen LogP contribution in [0.4, 0.5) is 17.1 Å². The monoisotopic (exact) mass is 733 g/mol. The molecule has 0 radical (unpaired) electrons. The van der Waals surface area contributed by atoms with Gasteiger partial charge < -0.3 is 9.32 Å². The zero-order valence-corrected chi connectivity index (χ0v) is 31.6. The number of nitrogens with zero attached hydrogens (tertiary/aromatic N) is 1. The van der Waals surface area contributed by atoms with Crippen LogP contribution >= 0.6 is 0 Å². The minimum atomic E-state index is -0.318. The smallest absolute Gasteiger partial charge is 0.143 e. The van der Waals surface area contributed by atoms with Crippen LogP contribution in [0.2, 0.25) is 0 Å². The molecule has 0 aliphatic heterocycles. The summed E-state index contributed by atoms with van der Waals surface area (Å²) in [5.74, 6) is 0. The van der Waals surface area contributed by atoms with Gasteiger partial charge in [0.1, 0.15) is 11.2 Å². The molecule has 0 atom stereocenters. The molecule has 0 N–H and O–H groups in total. The molecule has 1 aliphatic carbocycles. The van der Waals surface area contributed by atoms with Crippen molar-refractivity contribution in [1.82, 2.24) is 0 Å². The predicted molar refractivity (Wildman–Crippen MR) is 240 cm³/mol. The number of hydrogen-bond acceptors (Lipinski definition) is 2. The van der Waals surface area contributed by atoms with Gasteiger partial charge in [0.05, 0.1) is 11.2 Å². The van der Waals surface area contributed by atoms with Gasteiger partial charge in [-0.05, 0) is 97.9 Å². The summed E-state index contributed by atoms with van der Waals surface area (Å²) in [7, 11) is 0. The Bertz CT molecular complexity index is 3360. The van der Waals surface area contributed by atoms with Crippen molar-refractivity contribution < 1.29 is 9.90 Å². The second kappa shape index (κ2) is 13.0. The third-order valence-corrected chi connectivity index (χ3v) is 11.8. The Morgan fingerprint density at radius 2 is 1.11 bits per heavy atom. The highest BCUT2D eigenvalue weighted by atomic mass is 16.3. The number of rotatable bonds is 6. The number of hydrogen-bond donors (Lipinski definition) is 0. The molecule has 0 amide bonds. The van der Waals surface area contributed by atoms with Crippen LogP contribution in [-0.4, -0.2) is 0 Å². The minimum absolute atomic E-state index is 0.102.